The summed E-state index contributed by atoms with van der Waals surface area (Å²) in [6, 6.07) is 4.10. The van der Waals surface area contributed by atoms with E-state index in [9.17, 15) is 14.9 Å². The van der Waals surface area contributed by atoms with Gasteiger partial charge in [-0.1, -0.05) is 18.5 Å². The number of nitro benzene ring substituents is 1. The van der Waals surface area contributed by atoms with Crippen molar-refractivity contribution >= 4 is 35.0 Å². The minimum atomic E-state index is -0.559. The fourth-order valence-corrected chi connectivity index (χ4v) is 3.24. The first-order valence-corrected chi connectivity index (χ1v) is 7.26. The van der Waals surface area contributed by atoms with Crippen LogP contribution in [0.15, 0.2) is 18.2 Å². The van der Waals surface area contributed by atoms with Crippen LogP contribution in [0.5, 0.6) is 0 Å². The third-order valence-corrected chi connectivity index (χ3v) is 4.36. The topological polar surface area (TPSA) is 63.5 Å². The summed E-state index contributed by atoms with van der Waals surface area (Å²) in [7, 11) is 0. The fourth-order valence-electron chi connectivity index (χ4n) is 1.97. The molecule has 0 aromatic heterocycles. The Hall–Kier alpha value is -1.27. The predicted octanol–water partition coefficient (Wildman–Crippen LogP) is 2.83. The van der Waals surface area contributed by atoms with Crippen LogP contribution in [-0.2, 0) is 0 Å². The quantitative estimate of drug-likeness (QED) is 0.622. The van der Waals surface area contributed by atoms with Crippen LogP contribution in [0.3, 0.4) is 0 Å². The molecule has 0 N–H and O–H groups in total. The van der Waals surface area contributed by atoms with Gasteiger partial charge in [-0.05, 0) is 12.1 Å². The minimum absolute atomic E-state index is 0.00437. The molecule has 1 fully saturated rings. The molecule has 1 heterocycles. The number of rotatable bonds is 2. The number of hydrogen-bond acceptors (Lipinski definition) is 4. The van der Waals surface area contributed by atoms with E-state index in [-0.39, 0.29) is 16.6 Å². The minimum Gasteiger partial charge on any atom is -0.337 e. The van der Waals surface area contributed by atoms with Crippen molar-refractivity contribution in [2.75, 3.05) is 18.8 Å². The smallest absolute Gasteiger partial charge is 0.287 e. The molecule has 0 spiro atoms. The molecule has 19 heavy (non-hydrogen) atoms. The van der Waals surface area contributed by atoms with Gasteiger partial charge in [0.25, 0.3) is 11.6 Å². The third kappa shape index (κ3) is 3.19. The molecule has 0 saturated carbocycles. The Morgan fingerprint density at radius 1 is 1.58 bits per heavy atom. The highest BCUT2D eigenvalue weighted by atomic mass is 35.5. The summed E-state index contributed by atoms with van der Waals surface area (Å²) in [6.45, 7) is 3.47. The molecular formula is C12H13ClN2O3S. The fraction of sp³-hybridized carbons (Fsp3) is 0.417. The van der Waals surface area contributed by atoms with E-state index in [4.69, 9.17) is 11.6 Å². The predicted molar refractivity (Wildman–Crippen MR) is 75.9 cm³/mol. The van der Waals surface area contributed by atoms with E-state index in [1.54, 1.807) is 4.90 Å². The number of benzene rings is 1. The number of halogens is 1. The lowest BCUT2D eigenvalue weighted by Crippen LogP contribution is -2.41. The van der Waals surface area contributed by atoms with Crippen LogP contribution in [0.2, 0.25) is 5.02 Å². The Labute approximate surface area is 120 Å². The molecule has 0 radical (unpaired) electrons. The van der Waals surface area contributed by atoms with Gasteiger partial charge in [-0.3, -0.25) is 14.9 Å². The van der Waals surface area contributed by atoms with Crippen molar-refractivity contribution in [3.8, 4) is 0 Å². The Morgan fingerprint density at radius 3 is 2.89 bits per heavy atom. The van der Waals surface area contributed by atoms with Crippen LogP contribution in [-0.4, -0.2) is 39.8 Å². The second-order valence-corrected chi connectivity index (χ2v) is 6.31. The first kappa shape index (κ1) is 14.1. The summed E-state index contributed by atoms with van der Waals surface area (Å²) in [5, 5.41) is 11.1. The number of carbonyl (C=O) groups is 1. The zero-order valence-corrected chi connectivity index (χ0v) is 11.9. The van der Waals surface area contributed by atoms with E-state index in [1.807, 2.05) is 11.8 Å². The Bertz CT molecular complexity index is 524. The second-order valence-electron chi connectivity index (χ2n) is 4.36. The SMILES string of the molecule is C[C@@H]1CN(C(=O)c2ccc([N+](=O)[O-])c(Cl)c2)CCS1. The zero-order chi connectivity index (χ0) is 14.0. The van der Waals surface area contributed by atoms with E-state index in [0.717, 1.165) is 5.75 Å². The lowest BCUT2D eigenvalue weighted by Gasteiger charge is -2.30. The van der Waals surface area contributed by atoms with Crippen molar-refractivity contribution in [1.82, 2.24) is 4.90 Å². The number of nitro groups is 1. The summed E-state index contributed by atoms with van der Waals surface area (Å²) < 4.78 is 0. The van der Waals surface area contributed by atoms with Gasteiger partial charge in [0.05, 0.1) is 4.92 Å². The average molecular weight is 301 g/mol. The number of carbonyl (C=O) groups excluding carboxylic acids is 1. The van der Waals surface area contributed by atoms with Crippen LogP contribution in [0, 0.1) is 10.1 Å². The molecule has 0 bridgehead atoms. The largest absolute Gasteiger partial charge is 0.337 e. The third-order valence-electron chi connectivity index (χ3n) is 2.92. The maximum atomic E-state index is 12.3. The monoisotopic (exact) mass is 300 g/mol. The average Bonchev–Trinajstić information content (AvgIpc) is 2.37. The maximum absolute atomic E-state index is 12.3. The van der Waals surface area contributed by atoms with Crippen molar-refractivity contribution in [2.45, 2.75) is 12.2 Å². The van der Waals surface area contributed by atoms with Crippen molar-refractivity contribution in [2.24, 2.45) is 0 Å². The van der Waals surface area contributed by atoms with Crippen molar-refractivity contribution < 1.29 is 9.72 Å². The van der Waals surface area contributed by atoms with Gasteiger partial charge in [0.15, 0.2) is 0 Å². The highest BCUT2D eigenvalue weighted by molar-refractivity contribution is 7.99. The van der Waals surface area contributed by atoms with Crippen molar-refractivity contribution in [1.29, 1.82) is 0 Å². The normalized spacial score (nSPS) is 19.3. The van der Waals surface area contributed by atoms with Gasteiger partial charge in [-0.25, -0.2) is 0 Å². The number of hydrogen-bond donors (Lipinski definition) is 0. The van der Waals surface area contributed by atoms with Gasteiger partial charge in [0.2, 0.25) is 0 Å². The molecule has 0 aliphatic carbocycles. The summed E-state index contributed by atoms with van der Waals surface area (Å²) >= 11 is 7.65. The van der Waals surface area contributed by atoms with Gasteiger partial charge in [-0.2, -0.15) is 11.8 Å². The van der Waals surface area contributed by atoms with E-state index in [1.165, 1.54) is 18.2 Å². The van der Waals surface area contributed by atoms with Gasteiger partial charge < -0.3 is 4.90 Å². The Balaban J connectivity index is 2.19. The highest BCUT2D eigenvalue weighted by Crippen LogP contribution is 2.26. The summed E-state index contributed by atoms with van der Waals surface area (Å²) in [4.78, 5) is 24.1. The molecule has 1 amide bonds. The molecule has 0 unspecified atom stereocenters. The van der Waals surface area contributed by atoms with Crippen LogP contribution in [0.25, 0.3) is 0 Å². The number of amides is 1. The van der Waals surface area contributed by atoms with Gasteiger partial charge in [0.1, 0.15) is 5.02 Å². The highest BCUT2D eigenvalue weighted by Gasteiger charge is 2.23. The molecular weight excluding hydrogens is 288 g/mol. The Kier molecular flexibility index (Phi) is 4.31. The zero-order valence-electron chi connectivity index (χ0n) is 10.3. The van der Waals surface area contributed by atoms with Crippen LogP contribution < -0.4 is 0 Å². The molecule has 1 aromatic carbocycles. The van der Waals surface area contributed by atoms with Crippen LogP contribution in [0.4, 0.5) is 5.69 Å². The molecule has 7 heteroatoms. The molecule has 1 aliphatic rings. The lowest BCUT2D eigenvalue weighted by molar-refractivity contribution is -0.384. The molecule has 1 saturated heterocycles. The van der Waals surface area contributed by atoms with E-state index in [2.05, 4.69) is 6.92 Å². The van der Waals surface area contributed by atoms with E-state index in [0.29, 0.717) is 23.9 Å². The molecule has 1 atom stereocenters. The first-order valence-electron chi connectivity index (χ1n) is 5.84. The standard InChI is InChI=1S/C12H13ClN2O3S/c1-8-7-14(4-5-19-8)12(16)9-2-3-11(15(17)18)10(13)6-9/h2-3,6,8H,4-5,7H2,1H3/t8-/m1/s1. The summed E-state index contributed by atoms with van der Waals surface area (Å²) in [5.41, 5.74) is 0.218. The number of nitrogens with zero attached hydrogens (tertiary/aromatic N) is 2. The number of thioether (sulfide) groups is 1. The maximum Gasteiger partial charge on any atom is 0.287 e. The van der Waals surface area contributed by atoms with E-state index < -0.39 is 4.92 Å². The summed E-state index contributed by atoms with van der Waals surface area (Å²) in [5.74, 6) is 0.789. The lowest BCUT2D eigenvalue weighted by atomic mass is 10.1. The molecule has 2 rings (SSSR count). The van der Waals surface area contributed by atoms with Gasteiger partial charge in [0, 0.05) is 35.7 Å². The Morgan fingerprint density at radius 2 is 2.32 bits per heavy atom. The molecule has 5 nitrogen and oxygen atoms in total. The molecule has 1 aliphatic heterocycles. The van der Waals surface area contributed by atoms with E-state index >= 15 is 0 Å². The van der Waals surface area contributed by atoms with Crippen LogP contribution >= 0.6 is 23.4 Å². The summed E-state index contributed by atoms with van der Waals surface area (Å²) in [6.07, 6.45) is 0. The van der Waals surface area contributed by atoms with Crippen molar-refractivity contribution in [3.05, 3.63) is 38.9 Å². The van der Waals surface area contributed by atoms with Crippen LogP contribution in [0.1, 0.15) is 17.3 Å². The second kappa shape index (κ2) is 5.79. The first-order chi connectivity index (χ1) is 8.99. The van der Waals surface area contributed by atoms with Gasteiger partial charge >= 0.3 is 0 Å². The molecule has 102 valence electrons. The van der Waals surface area contributed by atoms with Crippen molar-refractivity contribution in [3.63, 3.8) is 0 Å². The molecule has 1 aromatic rings. The van der Waals surface area contributed by atoms with Gasteiger partial charge in [-0.15, -0.1) is 0 Å².